The average Bonchev–Trinajstić information content (AvgIpc) is 2.62. The van der Waals surface area contributed by atoms with E-state index in [1.165, 1.54) is 0 Å². The number of rotatable bonds is 8. The number of halogens is 1. The van der Waals surface area contributed by atoms with Crippen molar-refractivity contribution in [2.75, 3.05) is 6.61 Å². The third-order valence-electron chi connectivity index (χ3n) is 4.13. The molecule has 0 heterocycles. The Kier molecular flexibility index (Phi) is 7.58. The van der Waals surface area contributed by atoms with Gasteiger partial charge < -0.3 is 4.74 Å². The van der Waals surface area contributed by atoms with Gasteiger partial charge in [-0.2, -0.15) is 0 Å². The van der Waals surface area contributed by atoms with Crippen molar-refractivity contribution in [3.63, 3.8) is 0 Å². The van der Waals surface area contributed by atoms with Crippen LogP contribution >= 0.6 is 11.6 Å². The summed E-state index contributed by atoms with van der Waals surface area (Å²) < 4.78 is 5.02. The molecule has 0 aliphatic rings. The number of isocyanates is 1. The number of aliphatic imine (C=N–C) groups is 1. The minimum absolute atomic E-state index is 0.269. The number of carbonyl (C=O) groups is 1. The topological polar surface area (TPSA) is 55.7 Å². The van der Waals surface area contributed by atoms with E-state index in [9.17, 15) is 9.59 Å². The van der Waals surface area contributed by atoms with Gasteiger partial charge in [0.05, 0.1) is 18.6 Å². The first-order chi connectivity index (χ1) is 12.5. The summed E-state index contributed by atoms with van der Waals surface area (Å²) in [5.74, 6) is -0.585. The second-order valence-corrected chi connectivity index (χ2v) is 6.61. The quantitative estimate of drug-likeness (QED) is 0.379. The molecule has 0 spiro atoms. The molecule has 2 rings (SSSR count). The van der Waals surface area contributed by atoms with Crippen LogP contribution < -0.4 is 0 Å². The molecule has 26 heavy (non-hydrogen) atoms. The minimum Gasteiger partial charge on any atom is -0.466 e. The van der Waals surface area contributed by atoms with Gasteiger partial charge in [0.15, 0.2) is 0 Å². The predicted molar refractivity (Wildman–Crippen MR) is 103 cm³/mol. The van der Waals surface area contributed by atoms with Gasteiger partial charge in [-0.25, -0.2) is 9.79 Å². The van der Waals surface area contributed by atoms with Crippen molar-refractivity contribution in [2.45, 2.75) is 32.7 Å². The van der Waals surface area contributed by atoms with E-state index in [1.807, 2.05) is 48.5 Å². The Bertz CT molecular complexity index is 782. The molecule has 2 aromatic rings. The van der Waals surface area contributed by atoms with E-state index in [-0.39, 0.29) is 17.9 Å². The fourth-order valence-corrected chi connectivity index (χ4v) is 3.01. The lowest BCUT2D eigenvalue weighted by Crippen LogP contribution is -2.21. The Morgan fingerprint density at radius 2 is 1.92 bits per heavy atom. The van der Waals surface area contributed by atoms with Gasteiger partial charge in [0.25, 0.3) is 0 Å². The maximum atomic E-state index is 11.8. The van der Waals surface area contributed by atoms with E-state index in [0.717, 1.165) is 16.7 Å². The number of carbonyl (C=O) groups excluding carboxylic acids is 2. The molecular weight excluding hydrogens is 350 g/mol. The molecule has 2 aromatic carbocycles. The normalized spacial score (nSPS) is 12.7. The van der Waals surface area contributed by atoms with Crippen LogP contribution in [0.3, 0.4) is 0 Å². The van der Waals surface area contributed by atoms with E-state index in [0.29, 0.717) is 24.5 Å². The molecule has 0 bridgehead atoms. The van der Waals surface area contributed by atoms with Crippen molar-refractivity contribution in [1.29, 1.82) is 0 Å². The van der Waals surface area contributed by atoms with Gasteiger partial charge >= 0.3 is 5.97 Å². The van der Waals surface area contributed by atoms with E-state index in [1.54, 1.807) is 19.9 Å². The van der Waals surface area contributed by atoms with E-state index >= 15 is 0 Å². The molecule has 0 radical (unpaired) electrons. The largest absolute Gasteiger partial charge is 0.466 e. The molecule has 4 nitrogen and oxygen atoms in total. The van der Waals surface area contributed by atoms with Crippen LogP contribution in [-0.2, 0) is 20.7 Å². The van der Waals surface area contributed by atoms with Crippen LogP contribution in [0.15, 0.2) is 53.5 Å². The molecule has 5 heteroatoms. The summed E-state index contributed by atoms with van der Waals surface area (Å²) in [7, 11) is 0. The second-order valence-electron chi connectivity index (χ2n) is 6.17. The Morgan fingerprint density at radius 1 is 1.19 bits per heavy atom. The minimum atomic E-state index is -0.317. The van der Waals surface area contributed by atoms with Crippen LogP contribution in [0.5, 0.6) is 0 Å². The fourth-order valence-electron chi connectivity index (χ4n) is 2.82. The third-order valence-corrected chi connectivity index (χ3v) is 4.37. The van der Waals surface area contributed by atoms with E-state index in [2.05, 4.69) is 4.99 Å². The predicted octanol–water partition coefficient (Wildman–Crippen LogP) is 4.84. The van der Waals surface area contributed by atoms with Gasteiger partial charge in [-0.05, 0) is 48.6 Å². The lowest BCUT2D eigenvalue weighted by atomic mass is 9.95. The van der Waals surface area contributed by atoms with Crippen LogP contribution in [0.2, 0.25) is 5.02 Å². The summed E-state index contributed by atoms with van der Waals surface area (Å²) in [5, 5.41) is 0.694. The first kappa shape index (κ1) is 19.9. The molecule has 0 saturated carbocycles. The van der Waals surface area contributed by atoms with Gasteiger partial charge in [-0.3, -0.25) is 4.79 Å². The molecule has 2 atom stereocenters. The van der Waals surface area contributed by atoms with Crippen molar-refractivity contribution in [3.8, 4) is 11.1 Å². The summed E-state index contributed by atoms with van der Waals surface area (Å²) in [6.45, 7) is 3.90. The molecule has 0 aliphatic heterocycles. The molecule has 0 N–H and O–H groups in total. The first-order valence-corrected chi connectivity index (χ1v) is 8.99. The number of ether oxygens (including phenoxy) is 1. The highest BCUT2D eigenvalue weighted by molar-refractivity contribution is 6.30. The highest BCUT2D eigenvalue weighted by Gasteiger charge is 2.20. The van der Waals surface area contributed by atoms with Gasteiger partial charge in [0, 0.05) is 5.02 Å². The summed E-state index contributed by atoms with van der Waals surface area (Å²) >= 11 is 6.04. The van der Waals surface area contributed by atoms with Crippen LogP contribution in [0.4, 0.5) is 0 Å². The Labute approximate surface area is 158 Å². The molecule has 2 unspecified atom stereocenters. The monoisotopic (exact) mass is 371 g/mol. The van der Waals surface area contributed by atoms with E-state index in [4.69, 9.17) is 16.3 Å². The molecule has 0 fully saturated rings. The molecule has 0 aromatic heterocycles. The lowest BCUT2D eigenvalue weighted by Gasteiger charge is -2.16. The molecule has 136 valence electrons. The molecule has 0 saturated heterocycles. The van der Waals surface area contributed by atoms with Crippen LogP contribution in [0, 0.1) is 5.92 Å². The summed E-state index contributed by atoms with van der Waals surface area (Å²) in [5.41, 5.74) is 3.14. The fraction of sp³-hybridized carbons (Fsp3) is 0.333. The number of benzene rings is 2. The Morgan fingerprint density at radius 3 is 2.54 bits per heavy atom. The van der Waals surface area contributed by atoms with Crippen molar-refractivity contribution in [1.82, 2.24) is 0 Å². The Balaban J connectivity index is 2.07. The molecule has 0 amide bonds. The van der Waals surface area contributed by atoms with Gasteiger partial charge in [0.1, 0.15) is 0 Å². The van der Waals surface area contributed by atoms with Crippen molar-refractivity contribution < 1.29 is 14.3 Å². The molecule has 0 aliphatic carbocycles. The highest BCUT2D eigenvalue weighted by Crippen LogP contribution is 2.24. The van der Waals surface area contributed by atoms with Crippen molar-refractivity contribution in [2.24, 2.45) is 10.9 Å². The second kappa shape index (κ2) is 9.91. The summed E-state index contributed by atoms with van der Waals surface area (Å²) in [6.07, 6.45) is 2.63. The highest BCUT2D eigenvalue weighted by atomic mass is 35.5. The Hall–Kier alpha value is -2.42. The SMILES string of the molecule is CCOC(=O)C(C)CC(Cc1ccc(-c2cccc(Cl)c2)cc1)N=C=O. The van der Waals surface area contributed by atoms with Gasteiger partial charge in [-0.1, -0.05) is 54.9 Å². The maximum Gasteiger partial charge on any atom is 0.308 e. The number of nitrogens with zero attached hydrogens (tertiary/aromatic N) is 1. The van der Waals surface area contributed by atoms with Gasteiger partial charge in [0.2, 0.25) is 6.08 Å². The zero-order chi connectivity index (χ0) is 18.9. The van der Waals surface area contributed by atoms with Crippen LogP contribution in [-0.4, -0.2) is 24.7 Å². The summed E-state index contributed by atoms with van der Waals surface area (Å²) in [6, 6.07) is 15.4. The molecular formula is C21H22ClNO3. The first-order valence-electron chi connectivity index (χ1n) is 8.62. The number of esters is 1. The van der Waals surface area contributed by atoms with Gasteiger partial charge in [-0.15, -0.1) is 0 Å². The van der Waals surface area contributed by atoms with Crippen LogP contribution in [0.25, 0.3) is 11.1 Å². The van der Waals surface area contributed by atoms with Crippen LogP contribution in [0.1, 0.15) is 25.8 Å². The standard InChI is InChI=1S/C21H22ClNO3/c1-3-26-21(25)15(2)11-20(23-14-24)12-16-7-9-17(10-8-16)18-5-4-6-19(22)13-18/h4-10,13,15,20H,3,11-12H2,1-2H3. The number of hydrogen-bond donors (Lipinski definition) is 0. The van der Waals surface area contributed by atoms with Crippen molar-refractivity contribution >= 4 is 23.7 Å². The average molecular weight is 372 g/mol. The maximum absolute atomic E-state index is 11.8. The number of hydrogen-bond acceptors (Lipinski definition) is 4. The summed E-state index contributed by atoms with van der Waals surface area (Å²) in [4.78, 5) is 26.4. The smallest absolute Gasteiger partial charge is 0.308 e. The van der Waals surface area contributed by atoms with Crippen molar-refractivity contribution in [3.05, 3.63) is 59.1 Å². The third kappa shape index (κ3) is 5.83. The lowest BCUT2D eigenvalue weighted by molar-refractivity contribution is -0.147. The van der Waals surface area contributed by atoms with E-state index < -0.39 is 0 Å². The zero-order valence-corrected chi connectivity index (χ0v) is 15.7. The zero-order valence-electron chi connectivity index (χ0n) is 14.9.